The van der Waals surface area contributed by atoms with Crippen LogP contribution in [0.25, 0.3) is 0 Å². The number of methoxy groups -OCH3 is 1. The van der Waals surface area contributed by atoms with Crippen LogP contribution in [-0.4, -0.2) is 58.7 Å². The van der Waals surface area contributed by atoms with E-state index in [1.54, 1.807) is 6.92 Å². The number of ether oxygens (including phenoxy) is 1. The monoisotopic (exact) mass is 506 g/mol. The van der Waals surface area contributed by atoms with Crippen LogP contribution in [0.1, 0.15) is 30.4 Å². The highest BCUT2D eigenvalue weighted by atomic mass is 19.3. The number of benzene rings is 1. The van der Waals surface area contributed by atoms with Gasteiger partial charge in [-0.25, -0.2) is 27.5 Å². The molecule has 12 heteroatoms. The van der Waals surface area contributed by atoms with Crippen LogP contribution in [0.3, 0.4) is 0 Å². The van der Waals surface area contributed by atoms with Gasteiger partial charge in [-0.15, -0.1) is 0 Å². The fourth-order valence-electron chi connectivity index (χ4n) is 4.15. The van der Waals surface area contributed by atoms with Crippen molar-refractivity contribution in [3.63, 3.8) is 0 Å². The van der Waals surface area contributed by atoms with E-state index in [1.165, 1.54) is 30.5 Å². The normalized spacial score (nSPS) is 20.2. The van der Waals surface area contributed by atoms with Gasteiger partial charge in [-0.3, -0.25) is 4.79 Å². The van der Waals surface area contributed by atoms with Crippen molar-refractivity contribution in [1.29, 1.82) is 0 Å². The lowest BCUT2D eigenvalue weighted by Crippen LogP contribution is -2.48. The number of nitrogens with zero attached hydrogens (tertiary/aromatic N) is 4. The Bertz CT molecular complexity index is 1210. The summed E-state index contributed by atoms with van der Waals surface area (Å²) in [5.41, 5.74) is 7.62. The first-order chi connectivity index (χ1) is 17.1. The van der Waals surface area contributed by atoms with Crippen molar-refractivity contribution in [3.05, 3.63) is 58.4 Å². The molecule has 1 atom stereocenters. The number of alkyl halides is 2. The number of anilines is 1. The molecule has 0 saturated heterocycles. The Hall–Kier alpha value is -3.54. The molecule has 1 aromatic carbocycles. The number of nitrogens with one attached hydrogen (secondary N) is 1. The van der Waals surface area contributed by atoms with Crippen molar-refractivity contribution in [3.8, 4) is 0 Å². The van der Waals surface area contributed by atoms with E-state index >= 15 is 0 Å². The third-order valence-electron chi connectivity index (χ3n) is 6.14. The number of carbonyl (C=O) groups excluding carboxylic acids is 1. The number of aryl methyl sites for hydroxylation is 1. The predicted molar refractivity (Wildman–Crippen MR) is 125 cm³/mol. The van der Waals surface area contributed by atoms with E-state index in [9.17, 15) is 22.4 Å². The molecule has 1 aliphatic carbocycles. The average molecular weight is 507 g/mol. The molecule has 1 fully saturated rings. The van der Waals surface area contributed by atoms with Gasteiger partial charge in [-0.1, -0.05) is 6.07 Å². The Kier molecular flexibility index (Phi) is 7.25. The van der Waals surface area contributed by atoms with Gasteiger partial charge in [-0.2, -0.15) is 4.98 Å². The third kappa shape index (κ3) is 5.64. The highest BCUT2D eigenvalue weighted by Crippen LogP contribution is 2.38. The lowest BCUT2D eigenvalue weighted by atomic mass is 9.88. The van der Waals surface area contributed by atoms with Crippen molar-refractivity contribution < 1.29 is 27.1 Å². The van der Waals surface area contributed by atoms with Crippen molar-refractivity contribution in [2.24, 2.45) is 10.7 Å². The molecule has 192 valence electrons. The Morgan fingerprint density at radius 3 is 2.72 bits per heavy atom. The largest absolute Gasteiger partial charge is 0.394 e. The fraction of sp³-hybridized carbons (Fsp3) is 0.417. The molecular formula is C24H26F4N6O2. The maximum atomic E-state index is 13.7. The van der Waals surface area contributed by atoms with E-state index in [0.29, 0.717) is 28.9 Å². The molecule has 0 spiro atoms. The summed E-state index contributed by atoms with van der Waals surface area (Å²) >= 11 is 0. The summed E-state index contributed by atoms with van der Waals surface area (Å²) in [5, 5.41) is 2.88. The highest BCUT2D eigenvalue weighted by Gasteiger charge is 2.45. The van der Waals surface area contributed by atoms with Gasteiger partial charge >= 0.3 is 0 Å². The minimum atomic E-state index is -2.67. The summed E-state index contributed by atoms with van der Waals surface area (Å²) in [6, 6.07) is 2.61. The van der Waals surface area contributed by atoms with E-state index in [1.807, 2.05) is 0 Å². The van der Waals surface area contributed by atoms with Crippen LogP contribution in [-0.2, 0) is 16.1 Å². The molecule has 4 rings (SSSR count). The molecule has 8 nitrogen and oxygen atoms in total. The quantitative estimate of drug-likeness (QED) is 0.419. The molecular weight excluding hydrogens is 480 g/mol. The summed E-state index contributed by atoms with van der Waals surface area (Å²) in [5.74, 6) is -4.64. The van der Waals surface area contributed by atoms with Crippen LogP contribution in [0.2, 0.25) is 0 Å². The Balaban J connectivity index is 1.52. The molecule has 1 saturated carbocycles. The zero-order chi connectivity index (χ0) is 26.0. The number of hydrogen-bond acceptors (Lipinski definition) is 7. The maximum absolute atomic E-state index is 13.7. The van der Waals surface area contributed by atoms with Gasteiger partial charge in [0.1, 0.15) is 5.70 Å². The molecule has 1 aromatic heterocycles. The summed E-state index contributed by atoms with van der Waals surface area (Å²) in [6.07, 6.45) is 2.72. The van der Waals surface area contributed by atoms with Gasteiger partial charge in [-0.05, 0) is 31.0 Å². The molecule has 0 bridgehead atoms. The van der Waals surface area contributed by atoms with Gasteiger partial charge in [0.25, 0.3) is 11.8 Å². The van der Waals surface area contributed by atoms with Crippen LogP contribution in [0.4, 0.5) is 29.3 Å². The van der Waals surface area contributed by atoms with Gasteiger partial charge in [0.2, 0.25) is 5.95 Å². The predicted octanol–water partition coefficient (Wildman–Crippen LogP) is 3.64. The first kappa shape index (κ1) is 25.5. The number of aliphatic imine (C=N–C) groups is 1. The SMILES string of the molecule is COC[C@H]1CC(C=Nc2nc(NC3CC(F)(F)C3)ncc2C)=C(N)C(=O)N1Cc1ccc(F)c(F)c1. The highest BCUT2D eigenvalue weighted by molar-refractivity contribution is 6.01. The number of carbonyl (C=O) groups is 1. The number of halogens is 4. The molecule has 3 N–H and O–H groups in total. The van der Waals surface area contributed by atoms with Gasteiger partial charge in [0.05, 0.1) is 12.6 Å². The molecule has 1 amide bonds. The minimum Gasteiger partial charge on any atom is -0.394 e. The Morgan fingerprint density at radius 2 is 2.06 bits per heavy atom. The van der Waals surface area contributed by atoms with Crippen molar-refractivity contribution in [1.82, 2.24) is 14.9 Å². The third-order valence-corrected chi connectivity index (χ3v) is 6.14. The molecule has 0 unspecified atom stereocenters. The van der Waals surface area contributed by atoms with E-state index in [0.717, 1.165) is 12.1 Å². The zero-order valence-corrected chi connectivity index (χ0v) is 19.8. The second kappa shape index (κ2) is 10.2. The first-order valence-electron chi connectivity index (χ1n) is 11.3. The van der Waals surface area contributed by atoms with Crippen LogP contribution in [0, 0.1) is 18.6 Å². The van der Waals surface area contributed by atoms with Crippen molar-refractivity contribution in [2.75, 3.05) is 19.0 Å². The van der Waals surface area contributed by atoms with Crippen LogP contribution in [0.15, 0.2) is 40.7 Å². The molecule has 2 aliphatic rings. The van der Waals surface area contributed by atoms with Crippen LogP contribution in [0.5, 0.6) is 0 Å². The Morgan fingerprint density at radius 1 is 1.31 bits per heavy atom. The van der Waals surface area contributed by atoms with E-state index in [-0.39, 0.29) is 37.6 Å². The molecule has 2 aromatic rings. The number of nitrogens with two attached hydrogens (primary N) is 1. The maximum Gasteiger partial charge on any atom is 0.270 e. The molecule has 36 heavy (non-hydrogen) atoms. The Labute approximate surface area is 205 Å². The fourth-order valence-corrected chi connectivity index (χ4v) is 4.15. The van der Waals surface area contributed by atoms with Crippen molar-refractivity contribution >= 4 is 23.9 Å². The minimum absolute atomic E-state index is 0.0233. The summed E-state index contributed by atoms with van der Waals surface area (Å²) < 4.78 is 58.4. The topological polar surface area (TPSA) is 106 Å². The summed E-state index contributed by atoms with van der Waals surface area (Å²) in [4.78, 5) is 27.3. The zero-order valence-electron chi connectivity index (χ0n) is 19.8. The first-order valence-corrected chi connectivity index (χ1v) is 11.3. The lowest BCUT2D eigenvalue weighted by molar-refractivity contribution is -0.132. The second-order valence-corrected chi connectivity index (χ2v) is 9.00. The van der Waals surface area contributed by atoms with E-state index < -0.39 is 35.5 Å². The number of amides is 1. The van der Waals surface area contributed by atoms with Crippen LogP contribution >= 0.6 is 0 Å². The number of rotatable bonds is 8. The lowest BCUT2D eigenvalue weighted by Gasteiger charge is -2.36. The van der Waals surface area contributed by atoms with E-state index in [2.05, 4.69) is 20.3 Å². The van der Waals surface area contributed by atoms with Gasteiger partial charge in [0.15, 0.2) is 17.5 Å². The van der Waals surface area contributed by atoms with E-state index in [4.69, 9.17) is 10.5 Å². The summed E-state index contributed by atoms with van der Waals surface area (Å²) in [6.45, 7) is 1.96. The number of hydrogen-bond donors (Lipinski definition) is 2. The molecule has 1 aliphatic heterocycles. The molecule has 0 radical (unpaired) electrons. The van der Waals surface area contributed by atoms with Gasteiger partial charge in [0, 0.05) is 56.1 Å². The second-order valence-electron chi connectivity index (χ2n) is 9.00. The summed E-state index contributed by atoms with van der Waals surface area (Å²) in [7, 11) is 1.49. The number of aromatic nitrogens is 2. The standard InChI is InChI=1S/C24H26F4N6O2/c1-13-9-31-23(32-16-7-24(27,28)8-16)33-21(13)30-10-15-6-17(12-36-2)34(22(35)20(15)29)11-14-3-4-18(25)19(26)5-14/h3-5,9-10,16-17H,6-8,11-12,29H2,1-2H3,(H,31,32,33)/t17-/m1/s1. The smallest absolute Gasteiger partial charge is 0.270 e. The van der Waals surface area contributed by atoms with Crippen molar-refractivity contribution in [2.45, 2.75) is 50.7 Å². The van der Waals surface area contributed by atoms with Gasteiger partial charge < -0.3 is 20.7 Å². The van der Waals surface area contributed by atoms with Crippen LogP contribution < -0.4 is 11.1 Å². The molecule has 2 heterocycles. The average Bonchev–Trinajstić information content (AvgIpc) is 2.80.